The SMILES string of the molecule is CCC(CC)(CO)Nc1ccc(S(N)(=O)=O)cc1F. The summed E-state index contributed by atoms with van der Waals surface area (Å²) in [6.07, 6.45) is 1.22. The van der Waals surface area contributed by atoms with Crippen LogP contribution in [0.1, 0.15) is 26.7 Å². The van der Waals surface area contributed by atoms with Crippen LogP contribution in [0.2, 0.25) is 0 Å². The third-order valence-corrected chi connectivity index (χ3v) is 4.24. The Morgan fingerprint density at radius 3 is 2.32 bits per heavy atom. The molecule has 108 valence electrons. The molecule has 7 heteroatoms. The largest absolute Gasteiger partial charge is 0.394 e. The second-order valence-electron chi connectivity index (χ2n) is 4.46. The van der Waals surface area contributed by atoms with E-state index >= 15 is 0 Å². The lowest BCUT2D eigenvalue weighted by molar-refractivity contribution is 0.202. The van der Waals surface area contributed by atoms with Crippen LogP contribution in [-0.4, -0.2) is 25.7 Å². The van der Waals surface area contributed by atoms with E-state index in [0.29, 0.717) is 12.8 Å². The molecule has 0 amide bonds. The van der Waals surface area contributed by atoms with Crippen molar-refractivity contribution in [2.75, 3.05) is 11.9 Å². The first-order valence-corrected chi connectivity index (χ1v) is 7.54. The number of anilines is 1. The molecule has 5 nitrogen and oxygen atoms in total. The van der Waals surface area contributed by atoms with Crippen molar-refractivity contribution in [3.05, 3.63) is 24.0 Å². The molecule has 0 radical (unpaired) electrons. The first kappa shape index (κ1) is 15.9. The van der Waals surface area contributed by atoms with Gasteiger partial charge in [-0.15, -0.1) is 0 Å². The van der Waals surface area contributed by atoms with Crippen LogP contribution in [0.5, 0.6) is 0 Å². The zero-order valence-electron chi connectivity index (χ0n) is 11.0. The topological polar surface area (TPSA) is 92.4 Å². The van der Waals surface area contributed by atoms with Gasteiger partial charge in [0, 0.05) is 0 Å². The number of nitrogens with two attached hydrogens (primary N) is 1. The fourth-order valence-corrected chi connectivity index (χ4v) is 2.28. The lowest BCUT2D eigenvalue weighted by Gasteiger charge is -2.32. The monoisotopic (exact) mass is 290 g/mol. The fraction of sp³-hybridized carbons (Fsp3) is 0.500. The van der Waals surface area contributed by atoms with Crippen LogP contribution in [0.25, 0.3) is 0 Å². The normalized spacial score (nSPS) is 12.5. The molecule has 0 spiro atoms. The summed E-state index contributed by atoms with van der Waals surface area (Å²) in [6.45, 7) is 3.61. The predicted molar refractivity (Wildman–Crippen MR) is 71.8 cm³/mol. The first-order chi connectivity index (χ1) is 8.78. The molecule has 0 aliphatic carbocycles. The Bertz CT molecular complexity index is 534. The summed E-state index contributed by atoms with van der Waals surface area (Å²) >= 11 is 0. The molecule has 19 heavy (non-hydrogen) atoms. The second kappa shape index (κ2) is 5.85. The van der Waals surface area contributed by atoms with Gasteiger partial charge in [-0.2, -0.15) is 0 Å². The summed E-state index contributed by atoms with van der Waals surface area (Å²) in [4.78, 5) is -0.279. The minimum absolute atomic E-state index is 0.142. The Balaban J connectivity index is 3.11. The number of benzene rings is 1. The Labute approximate surface area is 112 Å². The van der Waals surface area contributed by atoms with Crippen LogP contribution in [0.4, 0.5) is 10.1 Å². The average molecular weight is 290 g/mol. The number of aliphatic hydroxyl groups excluding tert-OH is 1. The number of aliphatic hydroxyl groups is 1. The Morgan fingerprint density at radius 2 is 1.95 bits per heavy atom. The summed E-state index contributed by atoms with van der Waals surface area (Å²) in [5.74, 6) is -0.716. The number of rotatable bonds is 6. The second-order valence-corrected chi connectivity index (χ2v) is 6.02. The summed E-state index contributed by atoms with van der Waals surface area (Å²) in [6, 6.07) is 3.41. The van der Waals surface area contributed by atoms with Crippen LogP contribution >= 0.6 is 0 Å². The third-order valence-electron chi connectivity index (χ3n) is 3.33. The summed E-state index contributed by atoms with van der Waals surface area (Å²) in [7, 11) is -3.92. The number of nitrogens with one attached hydrogen (secondary N) is 1. The van der Waals surface area contributed by atoms with Gasteiger partial charge >= 0.3 is 0 Å². The van der Waals surface area contributed by atoms with Crippen molar-refractivity contribution in [3.63, 3.8) is 0 Å². The lowest BCUT2D eigenvalue weighted by atomic mass is 9.93. The van der Waals surface area contributed by atoms with Crippen molar-refractivity contribution < 1.29 is 17.9 Å². The zero-order valence-corrected chi connectivity index (χ0v) is 11.8. The highest BCUT2D eigenvalue weighted by Crippen LogP contribution is 2.25. The first-order valence-electron chi connectivity index (χ1n) is 5.99. The van der Waals surface area contributed by atoms with E-state index < -0.39 is 21.4 Å². The maximum Gasteiger partial charge on any atom is 0.238 e. The van der Waals surface area contributed by atoms with Crippen molar-refractivity contribution in [2.45, 2.75) is 37.1 Å². The summed E-state index contributed by atoms with van der Waals surface area (Å²) < 4.78 is 36.1. The minimum Gasteiger partial charge on any atom is -0.394 e. The highest BCUT2D eigenvalue weighted by Gasteiger charge is 2.26. The van der Waals surface area contributed by atoms with Crippen molar-refractivity contribution >= 4 is 15.7 Å². The molecular formula is C12H19FN2O3S. The molecule has 1 rings (SSSR count). The molecule has 0 aromatic heterocycles. The molecule has 0 unspecified atom stereocenters. The molecule has 0 fully saturated rings. The Morgan fingerprint density at radius 1 is 1.37 bits per heavy atom. The average Bonchev–Trinajstić information content (AvgIpc) is 2.37. The van der Waals surface area contributed by atoms with Crippen LogP contribution in [0, 0.1) is 5.82 Å². The zero-order chi connectivity index (χ0) is 14.7. The summed E-state index contributed by atoms with van der Waals surface area (Å²) in [5.41, 5.74) is -0.477. The van der Waals surface area contributed by atoms with Crippen LogP contribution < -0.4 is 10.5 Å². The van der Waals surface area contributed by atoms with Gasteiger partial charge in [0.2, 0.25) is 10.0 Å². The third kappa shape index (κ3) is 3.65. The molecule has 0 aliphatic rings. The smallest absolute Gasteiger partial charge is 0.238 e. The molecule has 4 N–H and O–H groups in total. The number of sulfonamides is 1. The van der Waals surface area contributed by atoms with Crippen LogP contribution in [0.15, 0.2) is 23.1 Å². The molecule has 0 heterocycles. The van der Waals surface area contributed by atoms with Crippen molar-refractivity contribution in [2.24, 2.45) is 5.14 Å². The molecule has 0 saturated carbocycles. The van der Waals surface area contributed by atoms with E-state index in [4.69, 9.17) is 5.14 Å². The van der Waals surface area contributed by atoms with E-state index in [1.807, 2.05) is 13.8 Å². The van der Waals surface area contributed by atoms with E-state index in [1.54, 1.807) is 0 Å². The van der Waals surface area contributed by atoms with E-state index in [0.717, 1.165) is 6.07 Å². The Kier molecular flexibility index (Phi) is 4.89. The van der Waals surface area contributed by atoms with E-state index in [1.165, 1.54) is 12.1 Å². The van der Waals surface area contributed by atoms with Gasteiger partial charge in [0.15, 0.2) is 0 Å². The highest BCUT2D eigenvalue weighted by molar-refractivity contribution is 7.89. The van der Waals surface area contributed by atoms with Crippen LogP contribution in [-0.2, 0) is 10.0 Å². The lowest BCUT2D eigenvalue weighted by Crippen LogP contribution is -2.41. The van der Waals surface area contributed by atoms with E-state index in [-0.39, 0.29) is 17.2 Å². The van der Waals surface area contributed by atoms with Crippen molar-refractivity contribution in [1.82, 2.24) is 0 Å². The van der Waals surface area contributed by atoms with Gasteiger partial charge in [-0.05, 0) is 31.0 Å². The molecule has 0 aliphatic heterocycles. The van der Waals surface area contributed by atoms with Gasteiger partial charge in [0.1, 0.15) is 5.82 Å². The molecule has 0 saturated heterocycles. The highest BCUT2D eigenvalue weighted by atomic mass is 32.2. The molecule has 0 bridgehead atoms. The number of hydrogen-bond acceptors (Lipinski definition) is 4. The van der Waals surface area contributed by atoms with Gasteiger partial charge in [0.25, 0.3) is 0 Å². The van der Waals surface area contributed by atoms with Gasteiger partial charge < -0.3 is 10.4 Å². The van der Waals surface area contributed by atoms with Gasteiger partial charge in [-0.3, -0.25) is 0 Å². The van der Waals surface area contributed by atoms with Gasteiger partial charge in [-0.1, -0.05) is 13.8 Å². The standard InChI is InChI=1S/C12H19FN2O3S/c1-3-12(4-2,8-16)15-11-6-5-9(7-10(11)13)19(14,17)18/h5-7,15-16H,3-4,8H2,1-2H3,(H2,14,17,18). The van der Waals surface area contributed by atoms with Crippen LogP contribution in [0.3, 0.4) is 0 Å². The minimum atomic E-state index is -3.92. The van der Waals surface area contributed by atoms with Crippen molar-refractivity contribution in [1.29, 1.82) is 0 Å². The number of hydrogen-bond donors (Lipinski definition) is 3. The molecule has 1 aromatic carbocycles. The molecule has 1 aromatic rings. The van der Waals surface area contributed by atoms with Gasteiger partial charge in [0.05, 0.1) is 22.7 Å². The maximum absolute atomic E-state index is 13.9. The Hall–Kier alpha value is -1.18. The summed E-state index contributed by atoms with van der Waals surface area (Å²) in [5, 5.41) is 17.3. The molecular weight excluding hydrogens is 271 g/mol. The maximum atomic E-state index is 13.9. The predicted octanol–water partition coefficient (Wildman–Crippen LogP) is 1.44. The van der Waals surface area contributed by atoms with E-state index in [9.17, 15) is 17.9 Å². The number of halogens is 1. The molecule has 0 atom stereocenters. The quantitative estimate of drug-likeness (QED) is 0.739. The van der Waals surface area contributed by atoms with Crippen molar-refractivity contribution in [3.8, 4) is 0 Å². The van der Waals surface area contributed by atoms with Gasteiger partial charge in [-0.25, -0.2) is 17.9 Å². The number of primary sulfonamides is 1. The van der Waals surface area contributed by atoms with E-state index in [2.05, 4.69) is 5.32 Å². The fourth-order valence-electron chi connectivity index (χ4n) is 1.75.